The van der Waals surface area contributed by atoms with E-state index >= 15 is 0 Å². The van der Waals surface area contributed by atoms with E-state index in [1.165, 1.54) is 12.1 Å². The van der Waals surface area contributed by atoms with Crippen LogP contribution in [0.5, 0.6) is 0 Å². The van der Waals surface area contributed by atoms with Crippen LogP contribution in [0.15, 0.2) is 23.1 Å². The molecule has 2 atom stereocenters. The average molecular weight is 352 g/mol. The van der Waals surface area contributed by atoms with Gasteiger partial charge in [-0.1, -0.05) is 18.3 Å². The van der Waals surface area contributed by atoms with Crippen molar-refractivity contribution in [3.63, 3.8) is 0 Å². The van der Waals surface area contributed by atoms with Gasteiger partial charge >= 0.3 is 0 Å². The molecule has 0 aliphatic heterocycles. The van der Waals surface area contributed by atoms with E-state index in [1.54, 1.807) is 13.2 Å². The summed E-state index contributed by atoms with van der Waals surface area (Å²) in [5, 5.41) is 0. The summed E-state index contributed by atoms with van der Waals surface area (Å²) >= 11 is 4.71. The highest BCUT2D eigenvalue weighted by atomic mass is 32.2. The third kappa shape index (κ3) is 5.10. The first-order valence-corrected chi connectivity index (χ1v) is 9.67. The Morgan fingerprint density at radius 1 is 1.52 bits per heavy atom. The third-order valence-electron chi connectivity index (χ3n) is 2.71. The fraction of sp³-hybridized carbons (Fsp3) is 0.417. The molecule has 2 unspecified atom stereocenters. The topological polar surface area (TPSA) is 89.3 Å². The maximum atomic E-state index is 13.7. The number of nitrogens with two attached hydrogens (primary N) is 1. The summed E-state index contributed by atoms with van der Waals surface area (Å²) in [5.41, 5.74) is 5.10. The van der Waals surface area contributed by atoms with Crippen LogP contribution in [-0.2, 0) is 20.8 Å². The summed E-state index contributed by atoms with van der Waals surface area (Å²) in [5.74, 6) is -0.415. The first-order valence-electron chi connectivity index (χ1n) is 6.06. The van der Waals surface area contributed by atoms with Crippen LogP contribution in [0.1, 0.15) is 18.9 Å². The molecule has 0 saturated heterocycles. The lowest BCUT2D eigenvalue weighted by molar-refractivity contribution is 0.553. The Kier molecular flexibility index (Phi) is 6.39. The van der Waals surface area contributed by atoms with Crippen LogP contribution in [0, 0.1) is 5.82 Å². The first-order chi connectivity index (χ1) is 9.65. The van der Waals surface area contributed by atoms with Crippen molar-refractivity contribution in [2.24, 2.45) is 5.73 Å². The highest BCUT2D eigenvalue weighted by molar-refractivity contribution is 7.89. The number of benzene rings is 1. The number of nitrogens with one attached hydrogen (secondary N) is 1. The summed E-state index contributed by atoms with van der Waals surface area (Å²) in [7, 11) is -4.97. The van der Waals surface area contributed by atoms with Gasteiger partial charge in [-0.25, -0.2) is 17.5 Å². The minimum Gasteiger partial charge on any atom is -0.389 e. The van der Waals surface area contributed by atoms with Crippen LogP contribution >= 0.6 is 12.2 Å². The van der Waals surface area contributed by atoms with Gasteiger partial charge < -0.3 is 5.73 Å². The fourth-order valence-electron chi connectivity index (χ4n) is 1.70. The molecule has 1 aromatic carbocycles. The standard InChI is InChI=1S/C12H17FN2O3S3/c1-8(6-7-20(2)16)15-21(17,18)10-5-3-4-9(13)11(10)12(14)19/h3-5,8,15H,6-7H2,1-2H3,(H2,14,19). The summed E-state index contributed by atoms with van der Waals surface area (Å²) in [6.45, 7) is 1.64. The Balaban J connectivity index is 3.06. The third-order valence-corrected chi connectivity index (χ3v) is 5.35. The quantitative estimate of drug-likeness (QED) is 0.712. The van der Waals surface area contributed by atoms with Crippen molar-refractivity contribution in [2.45, 2.75) is 24.3 Å². The van der Waals surface area contributed by atoms with Crippen LogP contribution < -0.4 is 10.5 Å². The highest BCUT2D eigenvalue weighted by Crippen LogP contribution is 2.19. The molecule has 0 bridgehead atoms. The van der Waals surface area contributed by atoms with Gasteiger partial charge in [0.2, 0.25) is 10.0 Å². The molecule has 0 aliphatic rings. The Morgan fingerprint density at radius 3 is 2.67 bits per heavy atom. The molecule has 21 heavy (non-hydrogen) atoms. The summed E-state index contributed by atoms with van der Waals surface area (Å²) in [4.78, 5) is -0.615. The minimum absolute atomic E-state index is 0.292. The van der Waals surface area contributed by atoms with Gasteiger partial charge in [-0.05, 0) is 25.5 Å². The smallest absolute Gasteiger partial charge is 0.241 e. The van der Waals surface area contributed by atoms with Crippen molar-refractivity contribution in [3.05, 3.63) is 29.6 Å². The van der Waals surface area contributed by atoms with Crippen molar-refractivity contribution < 1.29 is 17.0 Å². The molecule has 118 valence electrons. The van der Waals surface area contributed by atoms with E-state index in [2.05, 4.69) is 4.72 Å². The number of hydrogen-bond acceptors (Lipinski definition) is 4. The molecule has 0 fully saturated rings. The normalized spacial score (nSPS) is 14.6. The highest BCUT2D eigenvalue weighted by Gasteiger charge is 2.24. The van der Waals surface area contributed by atoms with E-state index in [0.29, 0.717) is 12.2 Å². The zero-order chi connectivity index (χ0) is 16.2. The molecule has 0 amide bonds. The number of sulfonamides is 1. The zero-order valence-electron chi connectivity index (χ0n) is 11.6. The molecule has 1 aromatic rings. The maximum absolute atomic E-state index is 13.7. The average Bonchev–Trinajstić information content (AvgIpc) is 2.35. The molecular formula is C12H17FN2O3S3. The monoisotopic (exact) mass is 352 g/mol. The predicted molar refractivity (Wildman–Crippen MR) is 85.6 cm³/mol. The van der Waals surface area contributed by atoms with E-state index < -0.39 is 32.7 Å². The molecular weight excluding hydrogens is 335 g/mol. The van der Waals surface area contributed by atoms with Crippen LogP contribution in [0.3, 0.4) is 0 Å². The van der Waals surface area contributed by atoms with Crippen LogP contribution in [0.2, 0.25) is 0 Å². The van der Waals surface area contributed by atoms with Crippen LogP contribution in [0.25, 0.3) is 0 Å². The molecule has 5 nitrogen and oxygen atoms in total. The number of thiocarbonyl (C=S) groups is 1. The van der Waals surface area contributed by atoms with Gasteiger partial charge in [0.15, 0.2) is 0 Å². The van der Waals surface area contributed by atoms with E-state index in [1.807, 2.05) is 0 Å². The first kappa shape index (κ1) is 18.1. The lowest BCUT2D eigenvalue weighted by Crippen LogP contribution is -2.35. The Bertz CT molecular complexity index is 662. The molecule has 9 heteroatoms. The Labute approximate surface area is 131 Å². The van der Waals surface area contributed by atoms with Crippen LogP contribution in [0.4, 0.5) is 4.39 Å². The predicted octanol–water partition coefficient (Wildman–Crippen LogP) is 0.895. The lowest BCUT2D eigenvalue weighted by Gasteiger charge is -2.16. The van der Waals surface area contributed by atoms with Crippen LogP contribution in [-0.4, -0.2) is 35.7 Å². The van der Waals surface area contributed by atoms with Gasteiger partial charge in [0.05, 0.1) is 10.5 Å². The molecule has 0 radical (unpaired) electrons. The molecule has 0 spiro atoms. The minimum atomic E-state index is -3.96. The van der Waals surface area contributed by atoms with Gasteiger partial charge in [-0.3, -0.25) is 4.21 Å². The van der Waals surface area contributed by atoms with Crippen molar-refractivity contribution in [1.82, 2.24) is 4.72 Å². The largest absolute Gasteiger partial charge is 0.389 e. The van der Waals surface area contributed by atoms with E-state index in [0.717, 1.165) is 6.07 Å². The van der Waals surface area contributed by atoms with Crippen molar-refractivity contribution in [1.29, 1.82) is 0 Å². The van der Waals surface area contributed by atoms with Crippen molar-refractivity contribution in [3.8, 4) is 0 Å². The van der Waals surface area contributed by atoms with Gasteiger partial charge in [-0.15, -0.1) is 0 Å². The molecule has 3 N–H and O–H groups in total. The SMILES string of the molecule is CC(CCS(C)=O)NS(=O)(=O)c1cccc(F)c1C(N)=S. The van der Waals surface area contributed by atoms with Crippen molar-refractivity contribution >= 4 is 38.0 Å². The van der Waals surface area contributed by atoms with Crippen molar-refractivity contribution in [2.75, 3.05) is 12.0 Å². The summed E-state index contributed by atoms with van der Waals surface area (Å²) in [6.07, 6.45) is 1.94. The Hall–Kier alpha value is -0.900. The van der Waals surface area contributed by atoms with Gasteiger partial charge in [0.25, 0.3) is 0 Å². The second-order valence-electron chi connectivity index (χ2n) is 4.57. The van der Waals surface area contributed by atoms with E-state index in [-0.39, 0.29) is 15.4 Å². The number of rotatable bonds is 7. The summed E-state index contributed by atoms with van der Waals surface area (Å²) < 4.78 is 51.7. The zero-order valence-corrected chi connectivity index (χ0v) is 14.1. The molecule has 0 heterocycles. The van der Waals surface area contributed by atoms with Gasteiger partial charge in [-0.2, -0.15) is 0 Å². The number of halogens is 1. The number of hydrogen-bond donors (Lipinski definition) is 2. The molecule has 0 saturated carbocycles. The Morgan fingerprint density at radius 2 is 2.14 bits per heavy atom. The lowest BCUT2D eigenvalue weighted by atomic mass is 10.2. The van der Waals surface area contributed by atoms with Gasteiger partial charge in [0.1, 0.15) is 10.8 Å². The van der Waals surface area contributed by atoms with E-state index in [4.69, 9.17) is 18.0 Å². The summed E-state index contributed by atoms with van der Waals surface area (Å²) in [6, 6.07) is 3.17. The molecule has 0 aliphatic carbocycles. The second kappa shape index (κ2) is 7.39. The fourth-order valence-corrected chi connectivity index (χ4v) is 4.16. The second-order valence-corrected chi connectivity index (χ2v) is 8.24. The van der Waals surface area contributed by atoms with Gasteiger partial charge in [0, 0.05) is 28.9 Å². The molecule has 0 aromatic heterocycles. The maximum Gasteiger partial charge on any atom is 0.241 e. The molecule has 1 rings (SSSR count). The van der Waals surface area contributed by atoms with E-state index in [9.17, 15) is 17.0 Å².